The third-order valence-electron chi connectivity index (χ3n) is 3.78. The Morgan fingerprint density at radius 3 is 2.36 bits per heavy atom. The number of hydrogen-bond donors (Lipinski definition) is 1. The molecule has 3 rings (SSSR count). The van der Waals surface area contributed by atoms with Crippen molar-refractivity contribution in [2.45, 2.75) is 27.7 Å². The molecule has 0 amide bonds. The third-order valence-corrected chi connectivity index (χ3v) is 5.56. The van der Waals surface area contributed by atoms with Crippen molar-refractivity contribution >= 4 is 38.5 Å². The Labute approximate surface area is 158 Å². The SMILES string of the molecule is C/C=C\C(=C/C)c1nc(Nc2nc(-c3ccccc3)c(C)s2)sc1C.[HH]. The molecule has 0 aliphatic carbocycles. The molecular formula is C20H23N3S2. The molecule has 0 saturated carbocycles. The molecule has 3 aromatic rings. The number of rotatable bonds is 5. The van der Waals surface area contributed by atoms with Crippen LogP contribution in [0.15, 0.2) is 48.6 Å². The molecule has 1 N–H and O–H groups in total. The van der Waals surface area contributed by atoms with E-state index in [0.717, 1.165) is 32.8 Å². The molecule has 0 saturated heterocycles. The Morgan fingerprint density at radius 1 is 1.00 bits per heavy atom. The highest BCUT2D eigenvalue weighted by atomic mass is 32.1. The molecule has 2 aromatic heterocycles. The van der Waals surface area contributed by atoms with Crippen LogP contribution in [0.2, 0.25) is 0 Å². The van der Waals surface area contributed by atoms with Gasteiger partial charge < -0.3 is 5.32 Å². The van der Waals surface area contributed by atoms with Crippen LogP contribution < -0.4 is 5.32 Å². The van der Waals surface area contributed by atoms with Crippen LogP contribution >= 0.6 is 22.7 Å². The molecule has 5 heteroatoms. The molecule has 25 heavy (non-hydrogen) atoms. The van der Waals surface area contributed by atoms with E-state index in [2.05, 4.69) is 43.4 Å². The van der Waals surface area contributed by atoms with Gasteiger partial charge in [-0.25, -0.2) is 9.97 Å². The number of aryl methyl sites for hydroxylation is 2. The Bertz CT molecular complexity index is 924. The zero-order valence-corrected chi connectivity index (χ0v) is 16.5. The van der Waals surface area contributed by atoms with Gasteiger partial charge in [0, 0.05) is 16.7 Å². The molecular weight excluding hydrogens is 346 g/mol. The summed E-state index contributed by atoms with van der Waals surface area (Å²) in [5, 5.41) is 5.14. The van der Waals surface area contributed by atoms with Gasteiger partial charge in [0.15, 0.2) is 10.3 Å². The Hall–Kier alpha value is -2.24. The van der Waals surface area contributed by atoms with Crippen molar-refractivity contribution in [3.05, 3.63) is 64.0 Å². The molecule has 0 spiro atoms. The van der Waals surface area contributed by atoms with Gasteiger partial charge in [0.25, 0.3) is 0 Å². The number of benzene rings is 1. The number of hydrogen-bond acceptors (Lipinski definition) is 5. The zero-order chi connectivity index (χ0) is 17.8. The summed E-state index contributed by atoms with van der Waals surface area (Å²) >= 11 is 3.32. The monoisotopic (exact) mass is 369 g/mol. The van der Waals surface area contributed by atoms with Gasteiger partial charge in [0.1, 0.15) is 0 Å². The van der Waals surface area contributed by atoms with E-state index >= 15 is 0 Å². The van der Waals surface area contributed by atoms with E-state index < -0.39 is 0 Å². The van der Waals surface area contributed by atoms with Crippen molar-refractivity contribution < 1.29 is 1.43 Å². The standard InChI is InChI=1S/C20H21N3S2.H2/c1-5-10-15(6-2)17-13(3)24-19(21-17)23-20-22-18(14(4)25-20)16-11-8-7-9-12-16;/h5-12H,1-4H3,(H,21,22,23);1H/b10-5-,15-6+;. The number of thiazole rings is 2. The molecule has 0 fully saturated rings. The van der Waals surface area contributed by atoms with Crippen LogP contribution in [0.5, 0.6) is 0 Å². The minimum Gasteiger partial charge on any atom is -0.307 e. The highest BCUT2D eigenvalue weighted by Gasteiger charge is 2.13. The van der Waals surface area contributed by atoms with E-state index in [1.807, 2.05) is 38.1 Å². The summed E-state index contributed by atoms with van der Waals surface area (Å²) in [5.41, 5.74) is 4.35. The molecule has 2 heterocycles. The van der Waals surface area contributed by atoms with E-state index in [1.54, 1.807) is 22.7 Å². The summed E-state index contributed by atoms with van der Waals surface area (Å²) < 4.78 is 0. The molecule has 130 valence electrons. The summed E-state index contributed by atoms with van der Waals surface area (Å²) in [5.74, 6) is 0. The minimum atomic E-state index is 0. The fourth-order valence-electron chi connectivity index (χ4n) is 2.61. The lowest BCUT2D eigenvalue weighted by atomic mass is 10.1. The van der Waals surface area contributed by atoms with E-state index in [4.69, 9.17) is 9.97 Å². The van der Waals surface area contributed by atoms with Crippen molar-refractivity contribution in [3.63, 3.8) is 0 Å². The average molecular weight is 370 g/mol. The van der Waals surface area contributed by atoms with E-state index in [-0.39, 0.29) is 1.43 Å². The molecule has 0 radical (unpaired) electrons. The Balaban J connectivity index is 0.00000243. The van der Waals surface area contributed by atoms with Crippen LogP contribution in [0.25, 0.3) is 16.8 Å². The maximum Gasteiger partial charge on any atom is 0.189 e. The third kappa shape index (κ3) is 3.89. The first kappa shape index (κ1) is 17.6. The second kappa shape index (κ2) is 7.76. The maximum atomic E-state index is 4.76. The molecule has 3 nitrogen and oxygen atoms in total. The zero-order valence-electron chi connectivity index (χ0n) is 14.8. The smallest absolute Gasteiger partial charge is 0.189 e. The number of anilines is 2. The van der Waals surface area contributed by atoms with Crippen LogP contribution in [0.3, 0.4) is 0 Å². The predicted octanol–water partition coefficient (Wildman–Crippen LogP) is 6.85. The van der Waals surface area contributed by atoms with E-state index in [9.17, 15) is 0 Å². The lowest BCUT2D eigenvalue weighted by molar-refractivity contribution is 1.29. The molecule has 1 aromatic carbocycles. The summed E-state index contributed by atoms with van der Waals surface area (Å²) in [6, 6.07) is 10.3. The fourth-order valence-corrected chi connectivity index (χ4v) is 4.35. The van der Waals surface area contributed by atoms with Crippen LogP contribution in [0, 0.1) is 13.8 Å². The van der Waals surface area contributed by atoms with Gasteiger partial charge in [-0.3, -0.25) is 0 Å². The molecule has 0 aliphatic heterocycles. The van der Waals surface area contributed by atoms with Gasteiger partial charge in [-0.15, -0.1) is 22.7 Å². The second-order valence-corrected chi connectivity index (χ2v) is 7.99. The number of nitrogens with one attached hydrogen (secondary N) is 1. The predicted molar refractivity (Wildman–Crippen MR) is 113 cm³/mol. The van der Waals surface area contributed by atoms with Crippen molar-refractivity contribution in [2.24, 2.45) is 0 Å². The molecule has 0 aliphatic rings. The number of nitrogens with zero attached hydrogens (tertiary/aromatic N) is 2. The van der Waals surface area contributed by atoms with Gasteiger partial charge in [-0.1, -0.05) is 48.6 Å². The van der Waals surface area contributed by atoms with Crippen LogP contribution in [-0.4, -0.2) is 9.97 Å². The maximum absolute atomic E-state index is 4.76. The second-order valence-electron chi connectivity index (χ2n) is 5.58. The summed E-state index contributed by atoms with van der Waals surface area (Å²) in [6.45, 7) is 8.27. The van der Waals surface area contributed by atoms with Gasteiger partial charge >= 0.3 is 0 Å². The fraction of sp³-hybridized carbons (Fsp3) is 0.200. The first-order valence-corrected chi connectivity index (χ1v) is 9.82. The topological polar surface area (TPSA) is 37.8 Å². The summed E-state index contributed by atoms with van der Waals surface area (Å²) in [7, 11) is 0. The molecule has 0 bridgehead atoms. The summed E-state index contributed by atoms with van der Waals surface area (Å²) in [6.07, 6.45) is 6.22. The van der Waals surface area contributed by atoms with E-state index in [1.165, 1.54) is 9.75 Å². The first-order chi connectivity index (χ1) is 12.1. The molecule has 0 unspecified atom stereocenters. The van der Waals surface area contributed by atoms with Gasteiger partial charge in [0.05, 0.1) is 11.4 Å². The molecule has 0 atom stereocenters. The normalized spacial score (nSPS) is 12.1. The van der Waals surface area contributed by atoms with Crippen LogP contribution in [0.1, 0.15) is 30.7 Å². The lowest BCUT2D eigenvalue weighted by Gasteiger charge is -1.98. The lowest BCUT2D eigenvalue weighted by Crippen LogP contribution is -1.90. The highest BCUT2D eigenvalue weighted by Crippen LogP contribution is 2.34. The first-order valence-electron chi connectivity index (χ1n) is 8.19. The number of aromatic nitrogens is 2. The van der Waals surface area contributed by atoms with E-state index in [0.29, 0.717) is 0 Å². The highest BCUT2D eigenvalue weighted by molar-refractivity contribution is 7.18. The summed E-state index contributed by atoms with van der Waals surface area (Å²) in [4.78, 5) is 11.9. The van der Waals surface area contributed by atoms with Gasteiger partial charge in [-0.05, 0) is 33.3 Å². The average Bonchev–Trinajstić information content (AvgIpc) is 3.16. The van der Waals surface area contributed by atoms with Crippen molar-refractivity contribution in [2.75, 3.05) is 5.32 Å². The van der Waals surface area contributed by atoms with Crippen molar-refractivity contribution in [3.8, 4) is 11.3 Å². The number of allylic oxidation sites excluding steroid dienone is 4. The van der Waals surface area contributed by atoms with Crippen LogP contribution in [0.4, 0.5) is 10.3 Å². The van der Waals surface area contributed by atoms with Gasteiger partial charge in [0.2, 0.25) is 0 Å². The quantitative estimate of drug-likeness (QED) is 0.500. The minimum absolute atomic E-state index is 0. The van der Waals surface area contributed by atoms with Crippen LogP contribution in [-0.2, 0) is 0 Å². The van der Waals surface area contributed by atoms with Crippen molar-refractivity contribution in [1.82, 2.24) is 9.97 Å². The largest absolute Gasteiger partial charge is 0.307 e. The Kier molecular flexibility index (Phi) is 5.46. The Morgan fingerprint density at radius 2 is 1.68 bits per heavy atom. The van der Waals surface area contributed by atoms with Gasteiger partial charge in [-0.2, -0.15) is 0 Å². The van der Waals surface area contributed by atoms with Crippen molar-refractivity contribution in [1.29, 1.82) is 0 Å².